The van der Waals surface area contributed by atoms with Crippen LogP contribution in [0.15, 0.2) is 61.1 Å². The smallest absolute Gasteiger partial charge is 0.246 e. The van der Waals surface area contributed by atoms with Gasteiger partial charge in [0.1, 0.15) is 30.3 Å². The molecule has 0 spiro atoms. The molecule has 1 amide bonds. The molecule has 11 heteroatoms. The third kappa shape index (κ3) is 6.42. The number of hydrogen-bond donors (Lipinski definition) is 3. The fourth-order valence-electron chi connectivity index (χ4n) is 4.63. The van der Waals surface area contributed by atoms with Crippen LogP contribution in [0.3, 0.4) is 0 Å². The van der Waals surface area contributed by atoms with Crippen molar-refractivity contribution in [2.24, 2.45) is 0 Å². The number of nitrogens with zero attached hydrogens (tertiary/aromatic N) is 5. The summed E-state index contributed by atoms with van der Waals surface area (Å²) in [6.07, 6.45) is 6.23. The average molecular weight is 520 g/mol. The van der Waals surface area contributed by atoms with E-state index < -0.39 is 5.82 Å². The number of benzene rings is 2. The van der Waals surface area contributed by atoms with E-state index in [4.69, 9.17) is 4.74 Å². The third-order valence-corrected chi connectivity index (χ3v) is 6.48. The van der Waals surface area contributed by atoms with Crippen LogP contribution in [0.2, 0.25) is 0 Å². The molecule has 3 heterocycles. The second-order valence-electron chi connectivity index (χ2n) is 9.20. The Morgan fingerprint density at radius 3 is 2.97 bits per heavy atom. The highest BCUT2D eigenvalue weighted by Gasteiger charge is 2.22. The molecule has 3 N–H and O–H groups in total. The molecule has 2 aromatic heterocycles. The van der Waals surface area contributed by atoms with Gasteiger partial charge in [-0.15, -0.1) is 0 Å². The van der Waals surface area contributed by atoms with Crippen molar-refractivity contribution in [1.82, 2.24) is 24.6 Å². The fraction of sp³-hybridized carbons (Fsp3) is 0.333. The van der Waals surface area contributed by atoms with Crippen molar-refractivity contribution in [3.63, 3.8) is 0 Å². The standard InChI is InChI=1S/C27H30FN7O3/c28-19-4-1-5-20(14-19)31-26(37)16-35-12-9-25(33-35)32-27-23-8-7-22(15-24(23)29-18-30-27)38-13-3-11-34-10-2-6-21(34)17-36/h1,4-5,7-9,12,14-15,18,21,36H,2-3,6,10-11,13,16-17H2,(H,31,37)(H,29,30,32,33). The van der Waals surface area contributed by atoms with Crippen molar-refractivity contribution in [3.05, 3.63) is 66.9 Å². The van der Waals surface area contributed by atoms with Crippen molar-refractivity contribution in [1.29, 1.82) is 0 Å². The normalized spacial score (nSPS) is 15.6. The summed E-state index contributed by atoms with van der Waals surface area (Å²) in [5, 5.41) is 20.5. The maximum atomic E-state index is 13.3. The first-order valence-corrected chi connectivity index (χ1v) is 12.7. The zero-order valence-electron chi connectivity index (χ0n) is 20.9. The zero-order chi connectivity index (χ0) is 26.3. The lowest BCUT2D eigenvalue weighted by molar-refractivity contribution is -0.116. The van der Waals surface area contributed by atoms with Crippen molar-refractivity contribution in [3.8, 4) is 5.75 Å². The molecule has 2 aromatic carbocycles. The summed E-state index contributed by atoms with van der Waals surface area (Å²) in [5.41, 5.74) is 1.12. The molecule has 10 nitrogen and oxygen atoms in total. The van der Waals surface area contributed by atoms with Crippen LogP contribution in [0.1, 0.15) is 19.3 Å². The first-order chi connectivity index (χ1) is 18.6. The molecule has 1 atom stereocenters. The van der Waals surface area contributed by atoms with E-state index >= 15 is 0 Å². The number of aromatic nitrogens is 4. The summed E-state index contributed by atoms with van der Waals surface area (Å²) in [4.78, 5) is 23.3. The molecular weight excluding hydrogens is 489 g/mol. The van der Waals surface area contributed by atoms with Crippen LogP contribution >= 0.6 is 0 Å². The van der Waals surface area contributed by atoms with Crippen LogP contribution < -0.4 is 15.4 Å². The molecule has 1 saturated heterocycles. The molecule has 4 aromatic rings. The Bertz CT molecular complexity index is 1400. The molecular formula is C27H30FN7O3. The summed E-state index contributed by atoms with van der Waals surface area (Å²) in [5.74, 6) is 1.10. The van der Waals surface area contributed by atoms with Gasteiger partial charge in [0, 0.05) is 42.0 Å². The van der Waals surface area contributed by atoms with Crippen LogP contribution in [-0.2, 0) is 11.3 Å². The number of anilines is 3. The minimum Gasteiger partial charge on any atom is -0.493 e. The highest BCUT2D eigenvalue weighted by molar-refractivity contribution is 5.91. The summed E-state index contributed by atoms with van der Waals surface area (Å²) in [6, 6.07) is 13.4. The molecule has 0 radical (unpaired) electrons. The van der Waals surface area contributed by atoms with E-state index in [9.17, 15) is 14.3 Å². The van der Waals surface area contributed by atoms with Gasteiger partial charge in [-0.2, -0.15) is 5.10 Å². The molecule has 5 rings (SSSR count). The number of nitrogens with one attached hydrogen (secondary N) is 2. The lowest BCUT2D eigenvalue weighted by Crippen LogP contribution is -2.33. The van der Waals surface area contributed by atoms with Crippen LogP contribution in [0.5, 0.6) is 5.75 Å². The van der Waals surface area contributed by atoms with Crippen LogP contribution in [-0.4, -0.2) is 68.0 Å². The second-order valence-corrected chi connectivity index (χ2v) is 9.20. The number of aliphatic hydroxyl groups is 1. The summed E-state index contributed by atoms with van der Waals surface area (Å²) in [6.45, 7) is 2.72. The molecule has 38 heavy (non-hydrogen) atoms. The first kappa shape index (κ1) is 25.6. The topological polar surface area (TPSA) is 117 Å². The predicted octanol–water partition coefficient (Wildman–Crippen LogP) is 3.57. The van der Waals surface area contributed by atoms with Gasteiger partial charge in [-0.1, -0.05) is 6.07 Å². The Hall–Kier alpha value is -4.09. The Morgan fingerprint density at radius 2 is 2.11 bits per heavy atom. The Balaban J connectivity index is 1.16. The second kappa shape index (κ2) is 12.0. The number of rotatable bonds is 11. The first-order valence-electron chi connectivity index (χ1n) is 12.7. The molecule has 1 fully saturated rings. The largest absolute Gasteiger partial charge is 0.493 e. The monoisotopic (exact) mass is 519 g/mol. The van der Waals surface area contributed by atoms with Gasteiger partial charge in [0.15, 0.2) is 5.82 Å². The number of carbonyl (C=O) groups is 1. The number of halogens is 1. The number of hydrogen-bond acceptors (Lipinski definition) is 8. The lowest BCUT2D eigenvalue weighted by atomic mass is 10.2. The van der Waals surface area contributed by atoms with E-state index in [1.807, 2.05) is 18.2 Å². The fourth-order valence-corrected chi connectivity index (χ4v) is 4.63. The SMILES string of the molecule is O=C(Cn1ccc(Nc2ncnc3cc(OCCCN4CCCC4CO)ccc23)n1)Nc1cccc(F)c1. The van der Waals surface area contributed by atoms with Gasteiger partial charge in [-0.05, 0) is 56.1 Å². The predicted molar refractivity (Wildman–Crippen MR) is 142 cm³/mol. The van der Waals surface area contributed by atoms with Crippen molar-refractivity contribution >= 4 is 34.1 Å². The van der Waals surface area contributed by atoms with Crippen LogP contribution in [0.4, 0.5) is 21.7 Å². The zero-order valence-corrected chi connectivity index (χ0v) is 20.9. The maximum Gasteiger partial charge on any atom is 0.246 e. The van der Waals surface area contributed by atoms with Gasteiger partial charge in [-0.25, -0.2) is 14.4 Å². The maximum absolute atomic E-state index is 13.3. The number of fused-ring (bicyclic) bond motifs is 1. The number of ether oxygens (including phenoxy) is 1. The minimum atomic E-state index is -0.418. The highest BCUT2D eigenvalue weighted by Crippen LogP contribution is 2.26. The van der Waals surface area contributed by atoms with Gasteiger partial charge in [0.2, 0.25) is 5.91 Å². The Kier molecular flexibility index (Phi) is 8.05. The van der Waals surface area contributed by atoms with E-state index in [1.54, 1.807) is 18.3 Å². The van der Waals surface area contributed by atoms with Gasteiger partial charge < -0.3 is 20.5 Å². The third-order valence-electron chi connectivity index (χ3n) is 6.48. The van der Waals surface area contributed by atoms with Crippen molar-refractivity contribution < 1.29 is 19.0 Å². The molecule has 0 aliphatic carbocycles. The van der Waals surface area contributed by atoms with Crippen LogP contribution in [0.25, 0.3) is 10.9 Å². The van der Waals surface area contributed by atoms with Gasteiger partial charge in [0.05, 0.1) is 18.7 Å². The van der Waals surface area contributed by atoms with E-state index in [0.29, 0.717) is 23.9 Å². The van der Waals surface area contributed by atoms with Crippen molar-refractivity contribution in [2.75, 3.05) is 36.9 Å². The van der Waals surface area contributed by atoms with Gasteiger partial charge >= 0.3 is 0 Å². The van der Waals surface area contributed by atoms with E-state index in [-0.39, 0.29) is 25.1 Å². The Morgan fingerprint density at radius 1 is 1.18 bits per heavy atom. The Labute approximate surface area is 219 Å². The summed E-state index contributed by atoms with van der Waals surface area (Å²) in [7, 11) is 0. The molecule has 0 saturated carbocycles. The van der Waals surface area contributed by atoms with Gasteiger partial charge in [0.25, 0.3) is 0 Å². The van der Waals surface area contributed by atoms with E-state index in [1.165, 1.54) is 29.2 Å². The molecule has 198 valence electrons. The molecule has 0 bridgehead atoms. The summed E-state index contributed by atoms with van der Waals surface area (Å²) < 4.78 is 20.8. The molecule has 1 aliphatic heterocycles. The number of likely N-dealkylation sites (tertiary alicyclic amines) is 1. The lowest BCUT2D eigenvalue weighted by Gasteiger charge is -2.22. The van der Waals surface area contributed by atoms with Crippen molar-refractivity contribution in [2.45, 2.75) is 31.8 Å². The average Bonchev–Trinajstić information content (AvgIpc) is 3.55. The minimum absolute atomic E-state index is 0.0260. The molecule has 1 unspecified atom stereocenters. The van der Waals surface area contributed by atoms with E-state index in [2.05, 4.69) is 30.6 Å². The van der Waals surface area contributed by atoms with Gasteiger partial charge in [-0.3, -0.25) is 14.4 Å². The molecule has 1 aliphatic rings. The number of amides is 1. The highest BCUT2D eigenvalue weighted by atomic mass is 19.1. The number of carbonyl (C=O) groups excluding carboxylic acids is 1. The van der Waals surface area contributed by atoms with Crippen LogP contribution in [0, 0.1) is 5.82 Å². The van der Waals surface area contributed by atoms with E-state index in [0.717, 1.165) is 49.0 Å². The number of aliphatic hydroxyl groups excluding tert-OH is 1. The summed E-state index contributed by atoms with van der Waals surface area (Å²) >= 11 is 0. The quantitative estimate of drug-likeness (QED) is 0.258.